The summed E-state index contributed by atoms with van der Waals surface area (Å²) < 4.78 is 20.3. The number of hydrogen-bond acceptors (Lipinski definition) is 2. The van der Waals surface area contributed by atoms with E-state index < -0.39 is 5.41 Å². The summed E-state index contributed by atoms with van der Waals surface area (Å²) in [6, 6.07) is 3.11. The van der Waals surface area contributed by atoms with Gasteiger partial charge in [-0.15, -0.1) is 6.58 Å². The fourth-order valence-electron chi connectivity index (χ4n) is 3.42. The molecule has 0 bridgehead atoms. The third-order valence-corrected chi connectivity index (χ3v) is 5.06. The number of carbonyl (C=O) groups excluding carboxylic acids is 1. The monoisotopic (exact) mass is 365 g/mol. The van der Waals surface area contributed by atoms with Gasteiger partial charge in [-0.05, 0) is 59.8 Å². The Morgan fingerprint density at radius 1 is 1.59 bits per heavy atom. The molecule has 1 atom stereocenters. The Kier molecular flexibility index (Phi) is 3.85. The Bertz CT molecular complexity index is 768. The van der Waals surface area contributed by atoms with Crippen LogP contribution in [0.5, 0.6) is 0 Å². The van der Waals surface area contributed by atoms with E-state index in [0.29, 0.717) is 36.8 Å². The zero-order valence-electron chi connectivity index (χ0n) is 12.3. The van der Waals surface area contributed by atoms with Gasteiger partial charge in [0.25, 0.3) is 0 Å². The Morgan fingerprint density at radius 2 is 2.36 bits per heavy atom. The molecule has 0 spiro atoms. The highest BCUT2D eigenvalue weighted by Crippen LogP contribution is 2.47. The summed E-state index contributed by atoms with van der Waals surface area (Å²) in [5.41, 5.74) is 1.57. The number of aromatic nitrogens is 1. The number of aromatic amines is 1. The standard InChI is InChI=1S/C17H17BrFNO2/c1-3-8-17(16(21)22-4-2)9-7-10-13-12(19)6-5-11(18)14(13)20-15(10)17/h3,5-6,20H,1,4,7-9H2,2H3. The van der Waals surface area contributed by atoms with Crippen LogP contribution in [0.2, 0.25) is 0 Å². The molecule has 116 valence electrons. The maximum atomic E-state index is 14.3. The van der Waals surface area contributed by atoms with Crippen molar-refractivity contribution in [2.45, 2.75) is 31.6 Å². The summed E-state index contributed by atoms with van der Waals surface area (Å²) in [6.45, 7) is 5.88. The van der Waals surface area contributed by atoms with Crippen LogP contribution in [0.4, 0.5) is 4.39 Å². The Balaban J connectivity index is 2.25. The van der Waals surface area contributed by atoms with E-state index in [-0.39, 0.29) is 11.8 Å². The van der Waals surface area contributed by atoms with Crippen molar-refractivity contribution < 1.29 is 13.9 Å². The van der Waals surface area contributed by atoms with Crippen LogP contribution in [0.15, 0.2) is 29.3 Å². The number of ether oxygens (including phenoxy) is 1. The molecular weight excluding hydrogens is 349 g/mol. The summed E-state index contributed by atoms with van der Waals surface area (Å²) in [5, 5.41) is 0.569. The molecule has 1 unspecified atom stereocenters. The number of esters is 1. The molecule has 3 rings (SSSR count). The SMILES string of the molecule is C=CCC1(C(=O)OCC)CCc2c1[nH]c1c(Br)ccc(F)c21. The number of halogens is 2. The summed E-state index contributed by atoms with van der Waals surface area (Å²) in [4.78, 5) is 15.8. The fourth-order valence-corrected chi connectivity index (χ4v) is 3.85. The molecule has 0 saturated heterocycles. The van der Waals surface area contributed by atoms with Crippen LogP contribution < -0.4 is 0 Å². The van der Waals surface area contributed by atoms with Gasteiger partial charge in [0.1, 0.15) is 11.2 Å². The minimum atomic E-state index is -0.780. The normalized spacial score (nSPS) is 20.1. The van der Waals surface area contributed by atoms with E-state index in [1.54, 1.807) is 19.1 Å². The number of allylic oxidation sites excluding steroid dienone is 1. The number of carbonyl (C=O) groups is 1. The molecule has 0 fully saturated rings. The average molecular weight is 366 g/mol. The lowest BCUT2D eigenvalue weighted by Gasteiger charge is -2.25. The van der Waals surface area contributed by atoms with Gasteiger partial charge in [0.05, 0.1) is 12.1 Å². The fraction of sp³-hybridized carbons (Fsp3) is 0.353. The number of fused-ring (bicyclic) bond motifs is 3. The van der Waals surface area contributed by atoms with E-state index in [9.17, 15) is 9.18 Å². The number of aryl methyl sites for hydroxylation is 1. The van der Waals surface area contributed by atoms with E-state index in [4.69, 9.17) is 4.74 Å². The molecule has 1 aromatic carbocycles. The van der Waals surface area contributed by atoms with Crippen LogP contribution in [0.25, 0.3) is 10.9 Å². The number of nitrogens with one attached hydrogen (secondary N) is 1. The molecule has 1 aromatic heterocycles. The van der Waals surface area contributed by atoms with Crippen molar-refractivity contribution >= 4 is 32.8 Å². The zero-order valence-corrected chi connectivity index (χ0v) is 13.9. The van der Waals surface area contributed by atoms with Gasteiger partial charge in [0.2, 0.25) is 0 Å². The lowest BCUT2D eigenvalue weighted by molar-refractivity contribution is -0.150. The smallest absolute Gasteiger partial charge is 0.318 e. The molecule has 0 saturated carbocycles. The molecule has 1 N–H and O–H groups in total. The van der Waals surface area contributed by atoms with Gasteiger partial charge in [-0.3, -0.25) is 4.79 Å². The van der Waals surface area contributed by atoms with E-state index in [1.807, 2.05) is 0 Å². The molecule has 1 aliphatic carbocycles. The summed E-state index contributed by atoms with van der Waals surface area (Å²) in [5.74, 6) is -0.536. The minimum absolute atomic E-state index is 0.267. The molecule has 22 heavy (non-hydrogen) atoms. The molecule has 3 nitrogen and oxygen atoms in total. The first-order valence-electron chi connectivity index (χ1n) is 7.32. The molecule has 0 aliphatic heterocycles. The quantitative estimate of drug-likeness (QED) is 0.644. The predicted octanol–water partition coefficient (Wildman–Crippen LogP) is 4.39. The highest BCUT2D eigenvalue weighted by molar-refractivity contribution is 9.10. The molecule has 1 heterocycles. The largest absolute Gasteiger partial charge is 0.465 e. The first-order valence-corrected chi connectivity index (χ1v) is 8.11. The van der Waals surface area contributed by atoms with Crippen molar-refractivity contribution in [1.82, 2.24) is 4.98 Å². The Labute approximate surface area is 136 Å². The summed E-state index contributed by atoms with van der Waals surface area (Å²) in [6.07, 6.45) is 3.46. The first kappa shape index (κ1) is 15.3. The molecule has 5 heteroatoms. The number of hydrogen-bond donors (Lipinski definition) is 1. The van der Waals surface area contributed by atoms with Crippen LogP contribution >= 0.6 is 15.9 Å². The lowest BCUT2D eigenvalue weighted by atomic mass is 9.82. The highest BCUT2D eigenvalue weighted by Gasteiger charge is 2.48. The van der Waals surface area contributed by atoms with Crippen molar-refractivity contribution in [3.05, 3.63) is 46.3 Å². The Hall–Kier alpha value is -1.62. The van der Waals surface area contributed by atoms with Gasteiger partial charge in [-0.2, -0.15) is 0 Å². The highest BCUT2D eigenvalue weighted by atomic mass is 79.9. The number of benzene rings is 1. The molecule has 0 radical (unpaired) electrons. The molecular formula is C17H17BrFNO2. The third kappa shape index (κ3) is 2.02. The van der Waals surface area contributed by atoms with Crippen molar-refractivity contribution in [2.24, 2.45) is 0 Å². The Morgan fingerprint density at radius 3 is 3.05 bits per heavy atom. The summed E-state index contributed by atoms with van der Waals surface area (Å²) >= 11 is 3.44. The number of H-pyrrole nitrogens is 1. The van der Waals surface area contributed by atoms with Crippen molar-refractivity contribution in [3.63, 3.8) is 0 Å². The number of rotatable bonds is 4. The van der Waals surface area contributed by atoms with Crippen molar-refractivity contribution in [1.29, 1.82) is 0 Å². The van der Waals surface area contributed by atoms with Crippen molar-refractivity contribution in [2.75, 3.05) is 6.61 Å². The maximum absolute atomic E-state index is 14.3. The zero-order chi connectivity index (χ0) is 15.9. The van der Waals surface area contributed by atoms with E-state index in [0.717, 1.165) is 15.7 Å². The second kappa shape index (κ2) is 5.54. The summed E-state index contributed by atoms with van der Waals surface area (Å²) in [7, 11) is 0. The van der Waals surface area contributed by atoms with E-state index >= 15 is 0 Å². The molecule has 0 amide bonds. The van der Waals surface area contributed by atoms with Gasteiger partial charge in [0.15, 0.2) is 0 Å². The van der Waals surface area contributed by atoms with Crippen LogP contribution in [0, 0.1) is 5.82 Å². The topological polar surface area (TPSA) is 42.1 Å². The first-order chi connectivity index (χ1) is 10.5. The van der Waals surface area contributed by atoms with Gasteiger partial charge in [0, 0.05) is 15.6 Å². The second-order valence-electron chi connectivity index (χ2n) is 5.55. The lowest BCUT2D eigenvalue weighted by Crippen LogP contribution is -2.35. The van der Waals surface area contributed by atoms with Crippen LogP contribution in [-0.4, -0.2) is 17.6 Å². The van der Waals surface area contributed by atoms with Gasteiger partial charge in [-0.25, -0.2) is 4.39 Å². The molecule has 2 aromatic rings. The van der Waals surface area contributed by atoms with Crippen LogP contribution in [0.3, 0.4) is 0 Å². The maximum Gasteiger partial charge on any atom is 0.318 e. The van der Waals surface area contributed by atoms with Crippen LogP contribution in [-0.2, 0) is 21.4 Å². The molecule has 1 aliphatic rings. The van der Waals surface area contributed by atoms with E-state index in [1.165, 1.54) is 6.07 Å². The van der Waals surface area contributed by atoms with Gasteiger partial charge in [-0.1, -0.05) is 6.08 Å². The minimum Gasteiger partial charge on any atom is -0.465 e. The van der Waals surface area contributed by atoms with Gasteiger partial charge < -0.3 is 9.72 Å². The van der Waals surface area contributed by atoms with Crippen molar-refractivity contribution in [3.8, 4) is 0 Å². The van der Waals surface area contributed by atoms with Gasteiger partial charge >= 0.3 is 5.97 Å². The third-order valence-electron chi connectivity index (χ3n) is 4.40. The van der Waals surface area contributed by atoms with E-state index in [2.05, 4.69) is 27.5 Å². The van der Waals surface area contributed by atoms with Crippen LogP contribution in [0.1, 0.15) is 31.0 Å². The average Bonchev–Trinajstić information content (AvgIpc) is 3.03. The predicted molar refractivity (Wildman–Crippen MR) is 87.4 cm³/mol. The second-order valence-corrected chi connectivity index (χ2v) is 6.41.